The lowest BCUT2D eigenvalue weighted by molar-refractivity contribution is -0.152. The molecule has 5 heteroatoms. The second kappa shape index (κ2) is 7.66. The molecule has 0 aliphatic heterocycles. The van der Waals surface area contributed by atoms with E-state index >= 15 is 0 Å². The van der Waals surface area contributed by atoms with E-state index in [0.717, 1.165) is 22.3 Å². The van der Waals surface area contributed by atoms with Gasteiger partial charge >= 0.3 is 12.1 Å². The molecule has 0 spiro atoms. The first-order valence-corrected chi connectivity index (χ1v) is 9.45. The molecule has 1 N–H and O–H groups in total. The molecule has 0 fully saturated rings. The van der Waals surface area contributed by atoms with Crippen molar-refractivity contribution in [1.29, 1.82) is 0 Å². The lowest BCUT2D eigenvalue weighted by Gasteiger charge is -2.31. The topological polar surface area (TPSA) is 64.6 Å². The normalized spacial score (nSPS) is 14.9. The SMILES string of the molecule is COC(=O)C1(CNC(=O)OC(C)(C)C)Cc2ccccc2-c2ccccc2C1. The summed E-state index contributed by atoms with van der Waals surface area (Å²) in [5.41, 5.74) is 2.83. The highest BCUT2D eigenvalue weighted by Crippen LogP contribution is 2.40. The van der Waals surface area contributed by atoms with Gasteiger partial charge in [0.1, 0.15) is 5.60 Å². The number of hydrogen-bond acceptors (Lipinski definition) is 4. The van der Waals surface area contributed by atoms with Gasteiger partial charge in [-0.25, -0.2) is 4.79 Å². The van der Waals surface area contributed by atoms with Crippen molar-refractivity contribution in [2.75, 3.05) is 13.7 Å². The van der Waals surface area contributed by atoms with E-state index in [2.05, 4.69) is 17.4 Å². The van der Waals surface area contributed by atoms with Gasteiger partial charge in [-0.3, -0.25) is 4.79 Å². The number of carbonyl (C=O) groups is 2. The van der Waals surface area contributed by atoms with Gasteiger partial charge in [-0.05, 0) is 55.9 Å². The quantitative estimate of drug-likeness (QED) is 0.812. The van der Waals surface area contributed by atoms with Crippen LogP contribution in [0.15, 0.2) is 48.5 Å². The molecule has 0 saturated heterocycles. The summed E-state index contributed by atoms with van der Waals surface area (Å²) in [5.74, 6) is -0.338. The zero-order chi connectivity index (χ0) is 20.4. The molecule has 0 heterocycles. The van der Waals surface area contributed by atoms with Gasteiger partial charge in [0.25, 0.3) is 0 Å². The first-order chi connectivity index (χ1) is 13.2. The molecule has 0 atom stereocenters. The summed E-state index contributed by atoms with van der Waals surface area (Å²) in [4.78, 5) is 25.2. The number of amides is 1. The Morgan fingerprint density at radius 3 is 1.93 bits per heavy atom. The summed E-state index contributed by atoms with van der Waals surface area (Å²) in [5, 5.41) is 2.79. The van der Waals surface area contributed by atoms with Crippen LogP contribution in [0.1, 0.15) is 31.9 Å². The molecular formula is C23H27NO4. The minimum Gasteiger partial charge on any atom is -0.469 e. The third-order valence-electron chi connectivity index (χ3n) is 4.97. The molecule has 1 aliphatic carbocycles. The minimum absolute atomic E-state index is 0.136. The van der Waals surface area contributed by atoms with Crippen molar-refractivity contribution in [3.63, 3.8) is 0 Å². The van der Waals surface area contributed by atoms with Crippen LogP contribution in [-0.2, 0) is 27.1 Å². The fraction of sp³-hybridized carbons (Fsp3) is 0.391. The Bertz CT molecular complexity index is 835. The monoisotopic (exact) mass is 381 g/mol. The van der Waals surface area contributed by atoms with Crippen molar-refractivity contribution in [1.82, 2.24) is 5.32 Å². The van der Waals surface area contributed by atoms with Crippen molar-refractivity contribution in [3.05, 3.63) is 59.7 Å². The van der Waals surface area contributed by atoms with E-state index in [1.165, 1.54) is 7.11 Å². The van der Waals surface area contributed by atoms with Gasteiger partial charge in [0, 0.05) is 6.54 Å². The van der Waals surface area contributed by atoms with E-state index in [1.807, 2.05) is 36.4 Å². The highest BCUT2D eigenvalue weighted by Gasteiger charge is 2.43. The highest BCUT2D eigenvalue weighted by molar-refractivity contribution is 5.82. The van der Waals surface area contributed by atoms with Crippen molar-refractivity contribution in [2.45, 2.75) is 39.2 Å². The zero-order valence-corrected chi connectivity index (χ0v) is 16.9. The predicted octanol–water partition coefficient (Wildman–Crippen LogP) is 4.14. The van der Waals surface area contributed by atoms with Crippen molar-refractivity contribution in [2.24, 2.45) is 5.41 Å². The molecule has 0 radical (unpaired) electrons. The summed E-state index contributed by atoms with van der Waals surface area (Å²) >= 11 is 0. The maximum atomic E-state index is 12.9. The zero-order valence-electron chi connectivity index (χ0n) is 16.9. The van der Waals surface area contributed by atoms with E-state index in [4.69, 9.17) is 9.47 Å². The number of rotatable bonds is 3. The van der Waals surface area contributed by atoms with Crippen LogP contribution in [0.2, 0.25) is 0 Å². The van der Waals surface area contributed by atoms with Crippen LogP contribution in [0.3, 0.4) is 0 Å². The minimum atomic E-state index is -0.908. The number of ether oxygens (including phenoxy) is 2. The Kier molecular flexibility index (Phi) is 5.45. The summed E-state index contributed by atoms with van der Waals surface area (Å²) in [6, 6.07) is 16.1. The molecule has 3 rings (SSSR count). The maximum absolute atomic E-state index is 12.9. The van der Waals surface area contributed by atoms with E-state index in [1.54, 1.807) is 20.8 Å². The summed E-state index contributed by atoms with van der Waals surface area (Å²) in [6.45, 7) is 5.56. The van der Waals surface area contributed by atoms with E-state index < -0.39 is 17.1 Å². The second-order valence-corrected chi connectivity index (χ2v) is 8.30. The number of esters is 1. The molecule has 2 aromatic carbocycles. The van der Waals surface area contributed by atoms with Crippen LogP contribution in [-0.4, -0.2) is 31.3 Å². The maximum Gasteiger partial charge on any atom is 0.407 e. The van der Waals surface area contributed by atoms with E-state index in [9.17, 15) is 9.59 Å². The predicted molar refractivity (Wildman–Crippen MR) is 108 cm³/mol. The van der Waals surface area contributed by atoms with Crippen LogP contribution in [0.25, 0.3) is 11.1 Å². The summed E-state index contributed by atoms with van der Waals surface area (Å²) in [6.07, 6.45) is 0.405. The van der Waals surface area contributed by atoms with Gasteiger partial charge in [0.15, 0.2) is 0 Å². The molecule has 0 unspecified atom stereocenters. The molecule has 0 bridgehead atoms. The largest absolute Gasteiger partial charge is 0.469 e. The molecule has 2 aromatic rings. The van der Waals surface area contributed by atoms with Gasteiger partial charge in [-0.2, -0.15) is 0 Å². The average molecular weight is 381 g/mol. The van der Waals surface area contributed by atoms with Gasteiger partial charge in [-0.1, -0.05) is 48.5 Å². The molecule has 28 heavy (non-hydrogen) atoms. The number of hydrogen-bond donors (Lipinski definition) is 1. The Labute approximate surface area is 166 Å². The lowest BCUT2D eigenvalue weighted by Crippen LogP contribution is -2.47. The number of nitrogens with one attached hydrogen (secondary N) is 1. The summed E-state index contributed by atoms with van der Waals surface area (Å²) < 4.78 is 10.5. The number of carbonyl (C=O) groups excluding carboxylic acids is 2. The molecule has 1 aliphatic rings. The second-order valence-electron chi connectivity index (χ2n) is 8.30. The Balaban J connectivity index is 2.00. The van der Waals surface area contributed by atoms with Crippen molar-refractivity contribution in [3.8, 4) is 11.1 Å². The standard InChI is InChI=1S/C23H27NO4/c1-22(2,3)28-21(26)24-15-23(20(25)27-4)13-16-9-5-7-11-18(16)19-12-8-6-10-17(19)14-23/h5-12H,13-15H2,1-4H3,(H,24,26). The summed E-state index contributed by atoms with van der Waals surface area (Å²) in [7, 11) is 1.39. The van der Waals surface area contributed by atoms with Crippen LogP contribution >= 0.6 is 0 Å². The van der Waals surface area contributed by atoms with Crippen LogP contribution in [0.4, 0.5) is 4.79 Å². The van der Waals surface area contributed by atoms with Gasteiger partial charge in [0.2, 0.25) is 0 Å². The molecule has 5 nitrogen and oxygen atoms in total. The van der Waals surface area contributed by atoms with Crippen LogP contribution in [0.5, 0.6) is 0 Å². The third-order valence-corrected chi connectivity index (χ3v) is 4.97. The number of alkyl carbamates (subject to hydrolysis) is 1. The first-order valence-electron chi connectivity index (χ1n) is 9.45. The number of methoxy groups -OCH3 is 1. The number of fused-ring (bicyclic) bond motifs is 3. The van der Waals surface area contributed by atoms with Crippen LogP contribution < -0.4 is 5.32 Å². The highest BCUT2D eigenvalue weighted by atomic mass is 16.6. The fourth-order valence-corrected chi connectivity index (χ4v) is 3.78. The van der Waals surface area contributed by atoms with Crippen molar-refractivity contribution < 1.29 is 19.1 Å². The van der Waals surface area contributed by atoms with Crippen LogP contribution in [0, 0.1) is 5.41 Å². The smallest absolute Gasteiger partial charge is 0.407 e. The Morgan fingerprint density at radius 1 is 0.964 bits per heavy atom. The number of benzene rings is 2. The van der Waals surface area contributed by atoms with E-state index in [-0.39, 0.29) is 12.5 Å². The molecule has 1 amide bonds. The van der Waals surface area contributed by atoms with Gasteiger partial charge in [0.05, 0.1) is 12.5 Å². The lowest BCUT2D eigenvalue weighted by atomic mass is 9.77. The molecule has 0 saturated carbocycles. The Morgan fingerprint density at radius 2 is 1.46 bits per heavy atom. The van der Waals surface area contributed by atoms with E-state index in [0.29, 0.717) is 12.8 Å². The van der Waals surface area contributed by atoms with Gasteiger partial charge in [-0.15, -0.1) is 0 Å². The van der Waals surface area contributed by atoms with Crippen molar-refractivity contribution >= 4 is 12.1 Å². The molecule has 148 valence electrons. The average Bonchev–Trinajstić information content (AvgIpc) is 2.79. The Hall–Kier alpha value is -2.82. The van der Waals surface area contributed by atoms with Gasteiger partial charge < -0.3 is 14.8 Å². The fourth-order valence-electron chi connectivity index (χ4n) is 3.78. The molecular weight excluding hydrogens is 354 g/mol. The third kappa shape index (κ3) is 4.19. The first kappa shape index (κ1) is 19.9. The molecule has 0 aromatic heterocycles.